The number of nitrogens with zero attached hydrogens (tertiary/aromatic N) is 3. The summed E-state index contributed by atoms with van der Waals surface area (Å²) in [5, 5.41) is 9.50. The van der Waals surface area contributed by atoms with Crippen molar-refractivity contribution >= 4 is 27.8 Å². The van der Waals surface area contributed by atoms with Gasteiger partial charge in [0.25, 0.3) is 0 Å². The maximum absolute atomic E-state index is 9.50. The van der Waals surface area contributed by atoms with E-state index in [1.54, 1.807) is 12.1 Å². The molecule has 3 N–H and O–H groups in total. The molecule has 6 nitrogen and oxygen atoms in total. The number of aromatic amines is 2. The molecule has 0 fully saturated rings. The Hall–Kier alpha value is -3.80. The highest BCUT2D eigenvalue weighted by molar-refractivity contribution is 5.87. The maximum atomic E-state index is 9.50. The Kier molecular flexibility index (Phi) is 4.39. The number of anilines is 1. The molecule has 2 aromatic heterocycles. The molecule has 0 atom stereocenters. The van der Waals surface area contributed by atoms with Crippen LogP contribution in [0, 0.1) is 0 Å². The van der Waals surface area contributed by atoms with E-state index in [-0.39, 0.29) is 5.75 Å². The fourth-order valence-corrected chi connectivity index (χ4v) is 3.83. The first-order chi connectivity index (χ1) is 14.6. The van der Waals surface area contributed by atoms with Gasteiger partial charge in [-0.2, -0.15) is 0 Å². The summed E-state index contributed by atoms with van der Waals surface area (Å²) in [4.78, 5) is 18.6. The molecule has 6 heteroatoms. The molecule has 5 aromatic rings. The van der Waals surface area contributed by atoms with E-state index in [4.69, 9.17) is 4.98 Å². The van der Waals surface area contributed by atoms with Gasteiger partial charge in [0.2, 0.25) is 0 Å². The second-order valence-corrected chi connectivity index (χ2v) is 7.32. The smallest absolute Gasteiger partial charge is 0.138 e. The van der Waals surface area contributed by atoms with E-state index in [0.717, 1.165) is 57.9 Å². The van der Waals surface area contributed by atoms with E-state index in [0.29, 0.717) is 0 Å². The molecule has 0 spiro atoms. The summed E-state index contributed by atoms with van der Waals surface area (Å²) in [5.74, 6) is 1.85. The lowest BCUT2D eigenvalue weighted by Gasteiger charge is -2.20. The number of nitrogens with one attached hydrogen (secondary N) is 2. The molecule has 0 aliphatic rings. The number of rotatable bonds is 5. The standard InChI is InChI=1S/C24H23N5O/c1-3-29(4-2)17-8-12-20-22(14-17)28-24(26-20)16-7-11-19-21(13-16)27-23(25-19)15-5-9-18(30)10-6-15/h5-14,30H,3-4H2,1-2H3,(H,25,27)(H,26,28). The van der Waals surface area contributed by atoms with Crippen LogP contribution in [0.25, 0.3) is 44.8 Å². The molecule has 150 valence electrons. The number of phenols is 1. The lowest BCUT2D eigenvalue weighted by atomic mass is 10.2. The third kappa shape index (κ3) is 3.16. The van der Waals surface area contributed by atoms with Crippen LogP contribution in [0.5, 0.6) is 5.75 Å². The van der Waals surface area contributed by atoms with Crippen LogP contribution in [-0.4, -0.2) is 38.1 Å². The van der Waals surface area contributed by atoms with Crippen molar-refractivity contribution < 1.29 is 5.11 Å². The number of fused-ring (bicyclic) bond motifs is 2. The molecule has 0 bridgehead atoms. The summed E-state index contributed by atoms with van der Waals surface area (Å²) in [6.45, 7) is 6.28. The Morgan fingerprint density at radius 3 is 1.97 bits per heavy atom. The van der Waals surface area contributed by atoms with Gasteiger partial charge in [0.1, 0.15) is 17.4 Å². The summed E-state index contributed by atoms with van der Waals surface area (Å²) in [7, 11) is 0. The molecule has 3 aromatic carbocycles. The normalized spacial score (nSPS) is 11.4. The predicted molar refractivity (Wildman–Crippen MR) is 122 cm³/mol. The highest BCUT2D eigenvalue weighted by atomic mass is 16.3. The Bertz CT molecular complexity index is 1330. The fourth-order valence-electron chi connectivity index (χ4n) is 3.83. The van der Waals surface area contributed by atoms with Crippen LogP contribution in [0.2, 0.25) is 0 Å². The summed E-state index contributed by atoms with van der Waals surface area (Å²) in [5.41, 5.74) is 6.95. The average Bonchev–Trinajstić information content (AvgIpc) is 3.38. The van der Waals surface area contributed by atoms with Gasteiger partial charge >= 0.3 is 0 Å². The summed E-state index contributed by atoms with van der Waals surface area (Å²) in [6, 6.07) is 19.5. The monoisotopic (exact) mass is 397 g/mol. The highest BCUT2D eigenvalue weighted by Crippen LogP contribution is 2.28. The van der Waals surface area contributed by atoms with Crippen molar-refractivity contribution in [1.29, 1.82) is 0 Å². The molecule has 0 amide bonds. The van der Waals surface area contributed by atoms with Gasteiger partial charge in [-0.25, -0.2) is 9.97 Å². The van der Waals surface area contributed by atoms with Crippen LogP contribution in [0.15, 0.2) is 60.7 Å². The first-order valence-electron chi connectivity index (χ1n) is 10.2. The fraction of sp³-hybridized carbons (Fsp3) is 0.167. The molecular formula is C24H23N5O. The molecule has 0 unspecified atom stereocenters. The van der Waals surface area contributed by atoms with E-state index in [9.17, 15) is 5.11 Å². The largest absolute Gasteiger partial charge is 0.508 e. The zero-order valence-corrected chi connectivity index (χ0v) is 17.0. The van der Waals surface area contributed by atoms with Gasteiger partial charge in [0, 0.05) is 29.9 Å². The minimum absolute atomic E-state index is 0.242. The van der Waals surface area contributed by atoms with Crippen molar-refractivity contribution in [3.8, 4) is 28.5 Å². The zero-order chi connectivity index (χ0) is 20.7. The number of hydrogen-bond donors (Lipinski definition) is 3. The van der Waals surface area contributed by atoms with Crippen molar-refractivity contribution in [2.45, 2.75) is 13.8 Å². The Labute approximate surface area is 174 Å². The van der Waals surface area contributed by atoms with Crippen LogP contribution in [0.4, 0.5) is 5.69 Å². The Morgan fingerprint density at radius 1 is 0.733 bits per heavy atom. The van der Waals surface area contributed by atoms with Crippen LogP contribution in [0.3, 0.4) is 0 Å². The Morgan fingerprint density at radius 2 is 1.30 bits per heavy atom. The molecule has 0 saturated carbocycles. The van der Waals surface area contributed by atoms with Crippen LogP contribution in [-0.2, 0) is 0 Å². The third-order valence-electron chi connectivity index (χ3n) is 5.49. The highest BCUT2D eigenvalue weighted by Gasteiger charge is 2.11. The molecule has 0 aliphatic carbocycles. The molecule has 0 saturated heterocycles. The van der Waals surface area contributed by atoms with Gasteiger partial charge in [-0.15, -0.1) is 0 Å². The van der Waals surface area contributed by atoms with Gasteiger partial charge < -0.3 is 20.0 Å². The molecule has 0 aliphatic heterocycles. The predicted octanol–water partition coefficient (Wildman–Crippen LogP) is 5.33. The topological polar surface area (TPSA) is 80.8 Å². The number of phenolic OH excluding ortho intramolecular Hbond substituents is 1. The quantitative estimate of drug-likeness (QED) is 0.375. The third-order valence-corrected chi connectivity index (χ3v) is 5.49. The van der Waals surface area contributed by atoms with Crippen molar-refractivity contribution in [2.24, 2.45) is 0 Å². The molecule has 2 heterocycles. The molecule has 30 heavy (non-hydrogen) atoms. The number of imidazole rings is 2. The Balaban J connectivity index is 1.52. The van der Waals surface area contributed by atoms with Gasteiger partial charge in [-0.3, -0.25) is 0 Å². The maximum Gasteiger partial charge on any atom is 0.138 e. The van der Waals surface area contributed by atoms with E-state index >= 15 is 0 Å². The van der Waals surface area contributed by atoms with Crippen molar-refractivity contribution in [3.05, 3.63) is 60.7 Å². The van der Waals surface area contributed by atoms with Crippen LogP contribution < -0.4 is 4.90 Å². The zero-order valence-electron chi connectivity index (χ0n) is 17.0. The first-order valence-corrected chi connectivity index (χ1v) is 10.2. The molecule has 5 rings (SSSR count). The van der Waals surface area contributed by atoms with E-state index < -0.39 is 0 Å². The van der Waals surface area contributed by atoms with E-state index in [2.05, 4.69) is 58.0 Å². The van der Waals surface area contributed by atoms with E-state index in [1.165, 1.54) is 5.69 Å². The second-order valence-electron chi connectivity index (χ2n) is 7.32. The van der Waals surface area contributed by atoms with Crippen molar-refractivity contribution in [1.82, 2.24) is 19.9 Å². The summed E-state index contributed by atoms with van der Waals surface area (Å²) >= 11 is 0. The molecule has 0 radical (unpaired) electrons. The number of aromatic hydroxyl groups is 1. The number of aromatic nitrogens is 4. The van der Waals surface area contributed by atoms with E-state index in [1.807, 2.05) is 24.3 Å². The van der Waals surface area contributed by atoms with Crippen LogP contribution >= 0.6 is 0 Å². The van der Waals surface area contributed by atoms with Gasteiger partial charge in [-0.1, -0.05) is 0 Å². The van der Waals surface area contributed by atoms with Gasteiger partial charge in [-0.05, 0) is 74.5 Å². The number of H-pyrrole nitrogens is 2. The average molecular weight is 397 g/mol. The van der Waals surface area contributed by atoms with Gasteiger partial charge in [0.15, 0.2) is 0 Å². The van der Waals surface area contributed by atoms with Crippen molar-refractivity contribution in [2.75, 3.05) is 18.0 Å². The SMILES string of the molecule is CCN(CC)c1ccc2nc(-c3ccc4nc(-c5ccc(O)cc5)[nH]c4c3)[nH]c2c1. The summed E-state index contributed by atoms with van der Waals surface area (Å²) < 4.78 is 0. The first kappa shape index (κ1) is 18.2. The number of hydrogen-bond acceptors (Lipinski definition) is 4. The van der Waals surface area contributed by atoms with Crippen molar-refractivity contribution in [3.63, 3.8) is 0 Å². The lowest BCUT2D eigenvalue weighted by Crippen LogP contribution is -2.21. The minimum atomic E-state index is 0.242. The lowest BCUT2D eigenvalue weighted by molar-refractivity contribution is 0.475. The molecular weight excluding hydrogens is 374 g/mol. The summed E-state index contributed by atoms with van der Waals surface area (Å²) in [6.07, 6.45) is 0. The number of benzene rings is 3. The second kappa shape index (κ2) is 7.22. The van der Waals surface area contributed by atoms with Gasteiger partial charge in [0.05, 0.1) is 22.1 Å². The van der Waals surface area contributed by atoms with Crippen LogP contribution in [0.1, 0.15) is 13.8 Å². The minimum Gasteiger partial charge on any atom is -0.508 e.